The first-order chi connectivity index (χ1) is 22.8. The molecule has 1 atom stereocenters. The number of esters is 3. The van der Waals surface area contributed by atoms with Gasteiger partial charge in [-0.2, -0.15) is 0 Å². The summed E-state index contributed by atoms with van der Waals surface area (Å²) in [5.74, 6) is -0.101. The third-order valence-corrected chi connectivity index (χ3v) is 7.34. The van der Waals surface area contributed by atoms with Gasteiger partial charge in [-0.1, -0.05) is 42.0 Å². The van der Waals surface area contributed by atoms with E-state index >= 15 is 0 Å². The second-order valence-corrected chi connectivity index (χ2v) is 10.8. The fourth-order valence-corrected chi connectivity index (χ4v) is 4.43. The van der Waals surface area contributed by atoms with Crippen LogP contribution >= 0.6 is 0 Å². The molecule has 0 aliphatic carbocycles. The van der Waals surface area contributed by atoms with E-state index in [1.54, 1.807) is 43.5 Å². The molecule has 5 aromatic rings. The fourth-order valence-electron chi connectivity index (χ4n) is 4.43. The number of carbonyl (C=O) groups is 3. The van der Waals surface area contributed by atoms with Crippen LogP contribution in [0.5, 0.6) is 23.0 Å². The Morgan fingerprint density at radius 2 is 0.851 bits per heavy atom. The lowest BCUT2D eigenvalue weighted by Crippen LogP contribution is -2.11. The maximum atomic E-state index is 12.7. The second kappa shape index (κ2) is 15.5. The van der Waals surface area contributed by atoms with E-state index < -0.39 is 17.9 Å². The number of hydrogen-bond acceptors (Lipinski definition) is 8. The number of aryl methyl sites for hydroxylation is 1. The molecular formula is C39H34O8. The molecule has 0 fully saturated rings. The Bertz CT molecular complexity index is 1790. The summed E-state index contributed by atoms with van der Waals surface area (Å²) >= 11 is 0. The lowest BCUT2D eigenvalue weighted by molar-refractivity contribution is 0.0725. The molecule has 0 radical (unpaired) electrons. The van der Waals surface area contributed by atoms with Crippen molar-refractivity contribution in [3.8, 4) is 34.1 Å². The van der Waals surface area contributed by atoms with E-state index in [0.29, 0.717) is 29.2 Å². The van der Waals surface area contributed by atoms with Crippen molar-refractivity contribution >= 4 is 17.9 Å². The fraction of sp³-hybridized carbons (Fsp3) is 0.154. The van der Waals surface area contributed by atoms with Crippen molar-refractivity contribution in [1.29, 1.82) is 0 Å². The third kappa shape index (κ3) is 9.15. The number of hydrogen-bond donors (Lipinski definition) is 0. The Labute approximate surface area is 273 Å². The third-order valence-electron chi connectivity index (χ3n) is 7.34. The molecule has 0 saturated heterocycles. The maximum Gasteiger partial charge on any atom is 0.343 e. The average molecular weight is 631 g/mol. The van der Waals surface area contributed by atoms with Gasteiger partial charge in [0.05, 0.1) is 29.4 Å². The summed E-state index contributed by atoms with van der Waals surface area (Å²) in [6.07, 6.45) is 0.848. The topological polar surface area (TPSA) is 97.4 Å². The molecule has 1 unspecified atom stereocenters. The zero-order chi connectivity index (χ0) is 33.2. The average Bonchev–Trinajstić information content (AvgIpc) is 3.09. The van der Waals surface area contributed by atoms with Crippen LogP contribution in [0.15, 0.2) is 121 Å². The molecule has 8 nitrogen and oxygen atoms in total. The molecule has 5 rings (SSSR count). The van der Waals surface area contributed by atoms with E-state index in [1.807, 2.05) is 50.2 Å². The molecule has 0 spiro atoms. The Morgan fingerprint density at radius 1 is 0.511 bits per heavy atom. The van der Waals surface area contributed by atoms with Crippen LogP contribution in [0.4, 0.5) is 0 Å². The molecule has 0 aliphatic heterocycles. The predicted molar refractivity (Wildman–Crippen MR) is 177 cm³/mol. The molecule has 5 aromatic carbocycles. The highest BCUT2D eigenvalue weighted by Gasteiger charge is 2.14. The Kier molecular flexibility index (Phi) is 10.8. The van der Waals surface area contributed by atoms with E-state index in [4.69, 9.17) is 23.7 Å². The summed E-state index contributed by atoms with van der Waals surface area (Å²) in [6.45, 7) is 4.50. The summed E-state index contributed by atoms with van der Waals surface area (Å²) in [5, 5.41) is 0. The number of carbonyl (C=O) groups excluding carboxylic acids is 3. The molecule has 0 saturated carbocycles. The summed E-state index contributed by atoms with van der Waals surface area (Å²) < 4.78 is 27.3. The van der Waals surface area contributed by atoms with Crippen LogP contribution in [0.25, 0.3) is 11.1 Å². The first kappa shape index (κ1) is 32.7. The first-order valence-electron chi connectivity index (χ1n) is 15.1. The zero-order valence-corrected chi connectivity index (χ0v) is 26.3. The molecule has 0 bridgehead atoms. The summed E-state index contributed by atoms with van der Waals surface area (Å²) in [5.41, 5.74) is 4.19. The van der Waals surface area contributed by atoms with Crippen molar-refractivity contribution in [1.82, 2.24) is 0 Å². The van der Waals surface area contributed by atoms with Crippen LogP contribution in [0.1, 0.15) is 50.0 Å². The first-order valence-corrected chi connectivity index (χ1v) is 15.1. The molecule has 238 valence electrons. The van der Waals surface area contributed by atoms with E-state index in [-0.39, 0.29) is 23.2 Å². The van der Waals surface area contributed by atoms with Gasteiger partial charge in [0, 0.05) is 13.5 Å². The van der Waals surface area contributed by atoms with Gasteiger partial charge < -0.3 is 23.7 Å². The molecule has 47 heavy (non-hydrogen) atoms. The van der Waals surface area contributed by atoms with Gasteiger partial charge >= 0.3 is 17.9 Å². The van der Waals surface area contributed by atoms with Crippen molar-refractivity contribution in [2.24, 2.45) is 0 Å². The van der Waals surface area contributed by atoms with Crippen LogP contribution in [-0.4, -0.2) is 37.7 Å². The minimum Gasteiger partial charge on any atom is -0.493 e. The lowest BCUT2D eigenvalue weighted by atomic mass is 10.0. The highest BCUT2D eigenvalue weighted by molar-refractivity contribution is 5.93. The highest BCUT2D eigenvalue weighted by Crippen LogP contribution is 2.24. The molecule has 0 aliphatic rings. The van der Waals surface area contributed by atoms with Crippen LogP contribution in [0, 0.1) is 6.92 Å². The molecule has 8 heteroatoms. The van der Waals surface area contributed by atoms with Crippen LogP contribution < -0.4 is 18.9 Å². The minimum atomic E-state index is -0.609. The van der Waals surface area contributed by atoms with Crippen molar-refractivity contribution in [3.05, 3.63) is 144 Å². The Balaban J connectivity index is 1.09. The van der Waals surface area contributed by atoms with Gasteiger partial charge in [0.25, 0.3) is 0 Å². The molecule has 0 aromatic heterocycles. The van der Waals surface area contributed by atoms with Gasteiger partial charge in [0.2, 0.25) is 0 Å². The van der Waals surface area contributed by atoms with Crippen LogP contribution in [0.3, 0.4) is 0 Å². The smallest absolute Gasteiger partial charge is 0.343 e. The van der Waals surface area contributed by atoms with Gasteiger partial charge in [-0.15, -0.1) is 0 Å². The van der Waals surface area contributed by atoms with Crippen molar-refractivity contribution in [2.75, 3.05) is 13.7 Å². The number of rotatable bonds is 12. The van der Waals surface area contributed by atoms with E-state index in [9.17, 15) is 14.4 Å². The van der Waals surface area contributed by atoms with Gasteiger partial charge in [0.15, 0.2) is 0 Å². The standard InChI is InChI=1S/C39H34O8/c1-26-4-6-28(7-5-26)29-8-18-34(19-9-29)45-38(41)31-12-22-36(23-13-31)47-39(42)32-14-20-35(21-15-32)46-37(40)30-10-16-33(17-11-30)44-25-24-27(2)43-3/h4-23,27H,24-25H2,1-3H3. The monoisotopic (exact) mass is 630 g/mol. The summed E-state index contributed by atoms with van der Waals surface area (Å²) in [7, 11) is 1.65. The maximum absolute atomic E-state index is 12.7. The second-order valence-electron chi connectivity index (χ2n) is 10.8. The van der Waals surface area contributed by atoms with Crippen LogP contribution in [0.2, 0.25) is 0 Å². The Hall–Kier alpha value is -5.73. The van der Waals surface area contributed by atoms with E-state index in [1.165, 1.54) is 54.1 Å². The Morgan fingerprint density at radius 3 is 1.23 bits per heavy atom. The lowest BCUT2D eigenvalue weighted by Gasteiger charge is -2.11. The van der Waals surface area contributed by atoms with Crippen molar-refractivity contribution in [2.45, 2.75) is 26.4 Å². The van der Waals surface area contributed by atoms with Gasteiger partial charge in [-0.25, -0.2) is 14.4 Å². The molecule has 0 heterocycles. The van der Waals surface area contributed by atoms with Crippen LogP contribution in [-0.2, 0) is 4.74 Å². The zero-order valence-electron chi connectivity index (χ0n) is 26.3. The normalized spacial score (nSPS) is 11.3. The van der Waals surface area contributed by atoms with Gasteiger partial charge in [0.1, 0.15) is 23.0 Å². The quantitative estimate of drug-likeness (QED) is 0.101. The number of benzene rings is 5. The minimum absolute atomic E-state index is 0.0993. The summed E-state index contributed by atoms with van der Waals surface area (Å²) in [6, 6.07) is 34.2. The number of methoxy groups -OCH3 is 1. The van der Waals surface area contributed by atoms with E-state index in [2.05, 4.69) is 0 Å². The SMILES string of the molecule is COC(C)CCOc1ccc(C(=O)Oc2ccc(C(=O)Oc3ccc(C(=O)Oc4ccc(-c5ccc(C)cc5)cc4)cc3)cc2)cc1. The van der Waals surface area contributed by atoms with Crippen molar-refractivity contribution < 1.29 is 38.1 Å². The largest absolute Gasteiger partial charge is 0.493 e. The highest BCUT2D eigenvalue weighted by atomic mass is 16.5. The molecule has 0 N–H and O–H groups in total. The number of ether oxygens (including phenoxy) is 5. The molecular weight excluding hydrogens is 596 g/mol. The summed E-state index contributed by atoms with van der Waals surface area (Å²) in [4.78, 5) is 37.9. The van der Waals surface area contributed by atoms with Crippen molar-refractivity contribution in [3.63, 3.8) is 0 Å². The van der Waals surface area contributed by atoms with Gasteiger partial charge in [-0.05, 0) is 110 Å². The van der Waals surface area contributed by atoms with Gasteiger partial charge in [-0.3, -0.25) is 0 Å². The predicted octanol–water partition coefficient (Wildman–Crippen LogP) is 8.12. The van der Waals surface area contributed by atoms with E-state index in [0.717, 1.165) is 17.5 Å². The molecule has 0 amide bonds.